The molecule has 202 valence electrons. The lowest BCUT2D eigenvalue weighted by atomic mass is 9.44. The molecule has 9 atom stereocenters. The molecule has 8 nitrogen and oxygen atoms in total. The third-order valence-electron chi connectivity index (χ3n) is 8.46. The quantitative estimate of drug-likeness (QED) is 0.276. The minimum atomic E-state index is -1.40. The Kier molecular flexibility index (Phi) is 8.87. The zero-order valence-corrected chi connectivity index (χ0v) is 22.4. The van der Waals surface area contributed by atoms with E-state index in [1.807, 2.05) is 27.7 Å². The molecule has 2 fully saturated rings. The molecule has 1 saturated heterocycles. The third-order valence-corrected chi connectivity index (χ3v) is 8.46. The van der Waals surface area contributed by atoms with E-state index in [-0.39, 0.29) is 24.2 Å². The topological polar surface area (TPSA) is 112 Å². The van der Waals surface area contributed by atoms with Crippen molar-refractivity contribution in [2.75, 3.05) is 6.61 Å². The molecule has 0 aromatic rings. The first-order valence-electron chi connectivity index (χ1n) is 13.0. The van der Waals surface area contributed by atoms with E-state index in [0.717, 1.165) is 5.57 Å². The maximum Gasteiger partial charge on any atom is 0.306 e. The Bertz CT molecular complexity index is 909. The minimum absolute atomic E-state index is 0.193. The van der Waals surface area contributed by atoms with Crippen LogP contribution in [0.25, 0.3) is 0 Å². The Morgan fingerprint density at radius 3 is 2.53 bits per heavy atom. The second-order valence-corrected chi connectivity index (χ2v) is 10.6. The minimum Gasteiger partial charge on any atom is -0.459 e. The molecule has 1 saturated carbocycles. The molecule has 2 N–H and O–H groups in total. The molecule has 0 unspecified atom stereocenters. The van der Waals surface area contributed by atoms with Gasteiger partial charge in [0, 0.05) is 25.9 Å². The van der Waals surface area contributed by atoms with Gasteiger partial charge in [-0.1, -0.05) is 51.2 Å². The van der Waals surface area contributed by atoms with Gasteiger partial charge in [0.25, 0.3) is 0 Å². The molecule has 8 heteroatoms. The Hall–Kier alpha value is -2.00. The standard InChI is InChI=1S/C28H42O8/c1-8-11-22(31)35-23-17(5)27(7,13-12-16(4)9-2)21-15-19(30)14-20-25(32)36-26(34-18(6)29)28(20,21)24(23)33-10-3/h9,12,14,17,19,21,23-26,30,32H,2,8,10-11,13,15H2,1,3-7H3/b16-12-/t17-,19-,21+,23-,24+,25-,26-,27-,28-/m0/s1. The van der Waals surface area contributed by atoms with E-state index in [4.69, 9.17) is 18.9 Å². The summed E-state index contributed by atoms with van der Waals surface area (Å²) in [6.45, 7) is 15.3. The molecule has 3 aliphatic rings. The monoisotopic (exact) mass is 506 g/mol. The van der Waals surface area contributed by atoms with Crippen molar-refractivity contribution in [3.63, 3.8) is 0 Å². The maximum absolute atomic E-state index is 12.8. The molecule has 0 aromatic carbocycles. The van der Waals surface area contributed by atoms with E-state index in [1.54, 1.807) is 12.2 Å². The molecule has 0 radical (unpaired) electrons. The number of carbonyl (C=O) groups excluding carboxylic acids is 2. The van der Waals surface area contributed by atoms with Gasteiger partial charge in [0.05, 0.1) is 11.5 Å². The molecule has 1 aliphatic heterocycles. The fourth-order valence-electron chi connectivity index (χ4n) is 6.55. The van der Waals surface area contributed by atoms with Crippen molar-refractivity contribution in [3.05, 3.63) is 36.0 Å². The van der Waals surface area contributed by atoms with Gasteiger partial charge < -0.3 is 29.2 Å². The molecule has 1 heterocycles. The van der Waals surface area contributed by atoms with Crippen molar-refractivity contribution in [1.82, 2.24) is 0 Å². The van der Waals surface area contributed by atoms with Gasteiger partial charge >= 0.3 is 11.9 Å². The SMILES string of the molecule is C=C/C(C)=C\C[C@]1(C)[C@H]2C[C@@H](O)C=C3[C@@H](O)O[C@H](OC(C)=O)[C@@]32[C@H](OCC)[C@@H](OC(=O)CCC)[C@@H]1C. The van der Waals surface area contributed by atoms with E-state index in [2.05, 4.69) is 19.6 Å². The summed E-state index contributed by atoms with van der Waals surface area (Å²) in [5.74, 6) is -1.42. The van der Waals surface area contributed by atoms with Crippen molar-refractivity contribution in [1.29, 1.82) is 0 Å². The number of esters is 2. The highest BCUT2D eigenvalue weighted by molar-refractivity contribution is 5.69. The largest absolute Gasteiger partial charge is 0.459 e. The summed E-state index contributed by atoms with van der Waals surface area (Å²) >= 11 is 0. The first-order chi connectivity index (χ1) is 17.0. The van der Waals surface area contributed by atoms with Gasteiger partial charge in [-0.25, -0.2) is 0 Å². The van der Waals surface area contributed by atoms with Crippen molar-refractivity contribution < 1.29 is 38.7 Å². The number of allylic oxidation sites excluding steroid dienone is 3. The Morgan fingerprint density at radius 2 is 1.94 bits per heavy atom. The summed E-state index contributed by atoms with van der Waals surface area (Å²) in [4.78, 5) is 25.0. The fourth-order valence-corrected chi connectivity index (χ4v) is 6.55. The summed E-state index contributed by atoms with van der Waals surface area (Å²) in [7, 11) is 0. The smallest absolute Gasteiger partial charge is 0.306 e. The van der Waals surface area contributed by atoms with Gasteiger partial charge in [0.2, 0.25) is 6.29 Å². The van der Waals surface area contributed by atoms with E-state index in [1.165, 1.54) is 6.92 Å². The van der Waals surface area contributed by atoms with Crippen molar-refractivity contribution in [3.8, 4) is 0 Å². The average molecular weight is 507 g/mol. The lowest BCUT2D eigenvalue weighted by Crippen LogP contribution is -2.69. The van der Waals surface area contributed by atoms with Crippen molar-refractivity contribution >= 4 is 11.9 Å². The number of aliphatic hydroxyl groups is 2. The maximum atomic E-state index is 12.8. The molecule has 0 bridgehead atoms. The lowest BCUT2D eigenvalue weighted by molar-refractivity contribution is -0.282. The lowest BCUT2D eigenvalue weighted by Gasteiger charge is -2.63. The predicted octanol–water partition coefficient (Wildman–Crippen LogP) is 3.81. The Labute approximate surface area is 214 Å². The summed E-state index contributed by atoms with van der Waals surface area (Å²) in [5.41, 5.74) is -0.305. The highest BCUT2D eigenvalue weighted by atomic mass is 16.7. The van der Waals surface area contributed by atoms with E-state index in [0.29, 0.717) is 31.4 Å². The van der Waals surface area contributed by atoms with Gasteiger partial charge in [0.15, 0.2) is 6.29 Å². The summed E-state index contributed by atoms with van der Waals surface area (Å²) in [5, 5.41) is 21.9. The molecule has 2 aliphatic carbocycles. The van der Waals surface area contributed by atoms with Crippen LogP contribution in [0.3, 0.4) is 0 Å². The molecular weight excluding hydrogens is 464 g/mol. The van der Waals surface area contributed by atoms with Crippen molar-refractivity contribution in [2.45, 2.75) is 98.1 Å². The van der Waals surface area contributed by atoms with Crippen LogP contribution in [-0.2, 0) is 28.5 Å². The predicted molar refractivity (Wildman–Crippen MR) is 133 cm³/mol. The van der Waals surface area contributed by atoms with Gasteiger partial charge in [-0.15, -0.1) is 0 Å². The third kappa shape index (κ3) is 4.80. The number of carbonyl (C=O) groups is 2. The highest BCUT2D eigenvalue weighted by Gasteiger charge is 2.74. The molecule has 36 heavy (non-hydrogen) atoms. The Morgan fingerprint density at radius 1 is 1.25 bits per heavy atom. The van der Waals surface area contributed by atoms with E-state index < -0.39 is 47.7 Å². The number of hydrogen-bond acceptors (Lipinski definition) is 8. The number of ether oxygens (including phenoxy) is 4. The highest BCUT2D eigenvalue weighted by Crippen LogP contribution is 2.67. The van der Waals surface area contributed by atoms with Gasteiger partial charge in [0.1, 0.15) is 12.2 Å². The number of aliphatic hydroxyl groups excluding tert-OH is 2. The van der Waals surface area contributed by atoms with Crippen LogP contribution in [0.2, 0.25) is 0 Å². The Balaban J connectivity index is 2.30. The van der Waals surface area contributed by atoms with Crippen molar-refractivity contribution in [2.24, 2.45) is 22.7 Å². The molecular formula is C28H42O8. The van der Waals surface area contributed by atoms with E-state index >= 15 is 0 Å². The fraction of sp³-hybridized carbons (Fsp3) is 0.714. The van der Waals surface area contributed by atoms with Crippen LogP contribution in [0.4, 0.5) is 0 Å². The zero-order chi connectivity index (χ0) is 26.8. The first kappa shape index (κ1) is 28.6. The summed E-state index contributed by atoms with van der Waals surface area (Å²) < 4.78 is 24.0. The van der Waals surface area contributed by atoms with Gasteiger partial charge in [-0.05, 0) is 50.0 Å². The normalized spacial score (nSPS) is 40.1. The van der Waals surface area contributed by atoms with Gasteiger partial charge in [-0.3, -0.25) is 9.59 Å². The number of rotatable bonds is 9. The van der Waals surface area contributed by atoms with Crippen LogP contribution in [0.15, 0.2) is 36.0 Å². The summed E-state index contributed by atoms with van der Waals surface area (Å²) in [6, 6.07) is 0. The molecule has 1 spiro atoms. The molecule has 0 amide bonds. The zero-order valence-electron chi connectivity index (χ0n) is 22.4. The van der Waals surface area contributed by atoms with E-state index in [9.17, 15) is 19.8 Å². The summed E-state index contributed by atoms with van der Waals surface area (Å²) in [6.07, 6.45) is 2.42. The van der Waals surface area contributed by atoms with Crippen LogP contribution < -0.4 is 0 Å². The second kappa shape index (κ2) is 11.2. The van der Waals surface area contributed by atoms with Crippen LogP contribution in [0, 0.1) is 22.7 Å². The first-order valence-corrected chi connectivity index (χ1v) is 13.0. The van der Waals surface area contributed by atoms with Crippen LogP contribution in [0.5, 0.6) is 0 Å². The van der Waals surface area contributed by atoms with Crippen LogP contribution >= 0.6 is 0 Å². The number of hydrogen-bond donors (Lipinski definition) is 2. The van der Waals surface area contributed by atoms with Crippen LogP contribution in [-0.4, -0.2) is 59.7 Å². The van der Waals surface area contributed by atoms with Crippen LogP contribution in [0.1, 0.15) is 67.2 Å². The van der Waals surface area contributed by atoms with Gasteiger partial charge in [-0.2, -0.15) is 0 Å². The second-order valence-electron chi connectivity index (χ2n) is 10.6. The molecule has 3 rings (SSSR count). The average Bonchev–Trinajstić information content (AvgIpc) is 3.08. The molecule has 0 aromatic heterocycles.